The molecule has 1 atom stereocenters. The van der Waals surface area contributed by atoms with Crippen molar-refractivity contribution < 1.29 is 19.0 Å². The van der Waals surface area contributed by atoms with Gasteiger partial charge in [0.25, 0.3) is 0 Å². The molecule has 1 saturated heterocycles. The molecule has 0 saturated carbocycles. The molecule has 4 heteroatoms. The lowest BCUT2D eigenvalue weighted by Gasteiger charge is -2.38. The van der Waals surface area contributed by atoms with E-state index in [9.17, 15) is 4.79 Å². The molecule has 1 aliphatic rings. The Hall–Kier alpha value is -0.450. The van der Waals surface area contributed by atoms with Gasteiger partial charge in [-0.05, 0) is 19.8 Å². The average molecular weight is 525 g/mol. The van der Waals surface area contributed by atoms with E-state index >= 15 is 0 Å². The first-order valence-corrected chi connectivity index (χ1v) is 16.5. The van der Waals surface area contributed by atoms with Crippen molar-refractivity contribution in [2.75, 3.05) is 19.8 Å². The zero-order valence-corrected chi connectivity index (χ0v) is 25.3. The second kappa shape index (κ2) is 24.6. The topological polar surface area (TPSA) is 44.8 Å². The van der Waals surface area contributed by atoms with Crippen molar-refractivity contribution in [3.8, 4) is 0 Å². The van der Waals surface area contributed by atoms with Crippen LogP contribution in [0, 0.1) is 0 Å². The zero-order valence-electron chi connectivity index (χ0n) is 25.3. The highest BCUT2D eigenvalue weighted by Crippen LogP contribution is 2.29. The van der Waals surface area contributed by atoms with Crippen LogP contribution in [0.4, 0.5) is 0 Å². The van der Waals surface area contributed by atoms with Crippen molar-refractivity contribution in [2.24, 2.45) is 0 Å². The molecule has 0 aromatic carbocycles. The Morgan fingerprint density at radius 1 is 0.595 bits per heavy atom. The van der Waals surface area contributed by atoms with Gasteiger partial charge in [0, 0.05) is 6.61 Å². The maximum Gasteiger partial charge on any atom is 0.187 e. The number of ether oxygens (including phenoxy) is 3. The average Bonchev–Trinajstić information content (AvgIpc) is 2.90. The minimum Gasteiger partial charge on any atom is -0.370 e. The largest absolute Gasteiger partial charge is 0.370 e. The van der Waals surface area contributed by atoms with Crippen molar-refractivity contribution in [1.82, 2.24) is 0 Å². The lowest BCUT2D eigenvalue weighted by molar-refractivity contribution is -0.262. The number of hydrogen-bond donors (Lipinski definition) is 0. The maximum absolute atomic E-state index is 11.6. The van der Waals surface area contributed by atoms with Crippen LogP contribution < -0.4 is 0 Å². The summed E-state index contributed by atoms with van der Waals surface area (Å²) in [6.07, 6.45) is 31.4. The van der Waals surface area contributed by atoms with Crippen LogP contribution in [0.3, 0.4) is 0 Å². The van der Waals surface area contributed by atoms with Gasteiger partial charge in [-0.25, -0.2) is 0 Å². The molecule has 220 valence electrons. The van der Waals surface area contributed by atoms with E-state index in [4.69, 9.17) is 14.2 Å². The Balaban J connectivity index is 2.12. The second-order valence-corrected chi connectivity index (χ2v) is 11.8. The van der Waals surface area contributed by atoms with Crippen molar-refractivity contribution in [1.29, 1.82) is 0 Å². The number of carbonyl (C=O) groups excluding carboxylic acids is 1. The molecule has 1 unspecified atom stereocenters. The number of rotatable bonds is 27. The Morgan fingerprint density at radius 3 is 1.35 bits per heavy atom. The fourth-order valence-corrected chi connectivity index (χ4v) is 5.43. The van der Waals surface area contributed by atoms with E-state index in [-0.39, 0.29) is 19.0 Å². The molecule has 0 radical (unpaired) electrons. The molecule has 0 aliphatic carbocycles. The summed E-state index contributed by atoms with van der Waals surface area (Å²) >= 11 is 0. The highest BCUT2D eigenvalue weighted by molar-refractivity contribution is 5.81. The molecule has 0 aromatic rings. The van der Waals surface area contributed by atoms with Gasteiger partial charge in [0.05, 0.1) is 0 Å². The van der Waals surface area contributed by atoms with Crippen molar-refractivity contribution in [3.63, 3.8) is 0 Å². The monoisotopic (exact) mass is 524 g/mol. The van der Waals surface area contributed by atoms with E-state index in [1.165, 1.54) is 135 Å². The van der Waals surface area contributed by atoms with Gasteiger partial charge in [0.15, 0.2) is 12.1 Å². The molecular weight excluding hydrogens is 460 g/mol. The normalized spacial score (nSPS) is 16.4. The molecule has 0 bridgehead atoms. The minimum absolute atomic E-state index is 0.0219. The first-order valence-electron chi connectivity index (χ1n) is 16.5. The number of carbonyl (C=O) groups is 1. The van der Waals surface area contributed by atoms with E-state index in [1.807, 2.05) is 0 Å². The fourth-order valence-electron chi connectivity index (χ4n) is 5.43. The van der Waals surface area contributed by atoms with Gasteiger partial charge in [-0.3, -0.25) is 4.79 Å². The van der Waals surface area contributed by atoms with Gasteiger partial charge in [-0.2, -0.15) is 0 Å². The van der Waals surface area contributed by atoms with Crippen LogP contribution >= 0.6 is 0 Å². The Labute approximate surface area is 231 Å². The third kappa shape index (κ3) is 19.3. The molecular formula is C33H64O4. The minimum atomic E-state index is -0.460. The molecule has 0 spiro atoms. The molecule has 1 fully saturated rings. The van der Waals surface area contributed by atoms with Crippen LogP contribution in [0.25, 0.3) is 0 Å². The Morgan fingerprint density at radius 2 is 0.946 bits per heavy atom. The predicted octanol–water partition coefficient (Wildman–Crippen LogP) is 10.1. The lowest BCUT2D eigenvalue weighted by Crippen LogP contribution is -2.49. The standard InChI is InChI=1S/C33H64O4/c1-4-6-8-10-12-14-15-16-17-18-20-22-24-26-28-37-33(3,32-35-29-31(34)30-36-32)27-25-23-21-19-13-11-9-7-5-2/h32H,4-30H2,1-3H3. The van der Waals surface area contributed by atoms with Crippen LogP contribution in [-0.2, 0) is 19.0 Å². The van der Waals surface area contributed by atoms with Crippen LogP contribution in [0.2, 0.25) is 0 Å². The van der Waals surface area contributed by atoms with Crippen LogP contribution in [0.15, 0.2) is 0 Å². The summed E-state index contributed by atoms with van der Waals surface area (Å²) < 4.78 is 18.0. The quantitative estimate of drug-likeness (QED) is 0.100. The third-order valence-electron chi connectivity index (χ3n) is 8.00. The van der Waals surface area contributed by atoms with E-state index in [1.54, 1.807) is 0 Å². The van der Waals surface area contributed by atoms with Crippen LogP contribution in [0.1, 0.15) is 175 Å². The molecule has 1 aliphatic heterocycles. The van der Waals surface area contributed by atoms with Crippen molar-refractivity contribution in [2.45, 2.75) is 187 Å². The predicted molar refractivity (Wildman–Crippen MR) is 157 cm³/mol. The van der Waals surface area contributed by atoms with Gasteiger partial charge in [0.1, 0.15) is 18.8 Å². The van der Waals surface area contributed by atoms with Gasteiger partial charge in [-0.1, -0.05) is 155 Å². The smallest absolute Gasteiger partial charge is 0.187 e. The molecule has 0 N–H and O–H groups in total. The molecule has 1 rings (SSSR count). The summed E-state index contributed by atoms with van der Waals surface area (Å²) in [7, 11) is 0. The first kappa shape index (κ1) is 34.6. The molecule has 0 amide bonds. The molecule has 37 heavy (non-hydrogen) atoms. The Kier molecular flexibility index (Phi) is 23.0. The van der Waals surface area contributed by atoms with Gasteiger partial charge >= 0.3 is 0 Å². The summed E-state index contributed by atoms with van der Waals surface area (Å²) in [5, 5.41) is 0. The van der Waals surface area contributed by atoms with Gasteiger partial charge in [0.2, 0.25) is 0 Å². The third-order valence-corrected chi connectivity index (χ3v) is 8.00. The summed E-state index contributed by atoms with van der Waals surface area (Å²) in [4.78, 5) is 11.6. The lowest BCUT2D eigenvalue weighted by atomic mass is 9.95. The summed E-state index contributed by atoms with van der Waals surface area (Å²) in [6.45, 7) is 7.74. The number of Topliss-reactive ketones (excluding diaryl/α,β-unsaturated/α-hetero) is 1. The van der Waals surface area contributed by atoms with E-state index < -0.39 is 11.9 Å². The molecule has 1 heterocycles. The highest BCUT2D eigenvalue weighted by atomic mass is 16.7. The second-order valence-electron chi connectivity index (χ2n) is 11.8. The maximum atomic E-state index is 11.6. The number of hydrogen-bond acceptors (Lipinski definition) is 4. The Bertz CT molecular complexity index is 499. The summed E-state index contributed by atoms with van der Waals surface area (Å²) in [5.41, 5.74) is -0.460. The van der Waals surface area contributed by atoms with Crippen molar-refractivity contribution >= 4 is 5.78 Å². The van der Waals surface area contributed by atoms with Crippen LogP contribution in [0.5, 0.6) is 0 Å². The van der Waals surface area contributed by atoms with Crippen molar-refractivity contribution in [3.05, 3.63) is 0 Å². The highest BCUT2D eigenvalue weighted by Gasteiger charge is 2.39. The summed E-state index contributed by atoms with van der Waals surface area (Å²) in [6, 6.07) is 0. The van der Waals surface area contributed by atoms with E-state index in [2.05, 4.69) is 20.8 Å². The first-order chi connectivity index (χ1) is 18.1. The van der Waals surface area contributed by atoms with E-state index in [0.717, 1.165) is 25.9 Å². The molecule has 0 aromatic heterocycles. The number of ketones is 1. The fraction of sp³-hybridized carbons (Fsp3) is 0.970. The van der Waals surface area contributed by atoms with Gasteiger partial charge < -0.3 is 14.2 Å². The molecule has 4 nitrogen and oxygen atoms in total. The SMILES string of the molecule is CCCCCCCCCCCCCCCCOC(C)(CCCCCCCCCCC)C1OCC(=O)CO1. The number of unbranched alkanes of at least 4 members (excludes halogenated alkanes) is 21. The summed E-state index contributed by atoms with van der Waals surface area (Å²) in [5.74, 6) is 0.0219. The van der Waals surface area contributed by atoms with Gasteiger partial charge in [-0.15, -0.1) is 0 Å². The van der Waals surface area contributed by atoms with E-state index in [0.29, 0.717) is 0 Å². The van der Waals surface area contributed by atoms with Crippen LogP contribution in [-0.4, -0.2) is 37.5 Å². The zero-order chi connectivity index (χ0) is 26.9.